The van der Waals surface area contributed by atoms with Gasteiger partial charge in [0.15, 0.2) is 0 Å². The van der Waals surface area contributed by atoms with E-state index in [-0.39, 0.29) is 18.2 Å². The Bertz CT molecular complexity index is 561. The molecule has 22 heavy (non-hydrogen) atoms. The van der Waals surface area contributed by atoms with Crippen LogP contribution >= 0.6 is 0 Å². The summed E-state index contributed by atoms with van der Waals surface area (Å²) in [5, 5.41) is 0. The molecule has 1 spiro atoms. The summed E-state index contributed by atoms with van der Waals surface area (Å²) in [5.41, 5.74) is -0.326. The zero-order valence-electron chi connectivity index (χ0n) is 12.6. The lowest BCUT2D eigenvalue weighted by Gasteiger charge is -2.25. The Hall–Kier alpha value is -1.69. The van der Waals surface area contributed by atoms with Crippen molar-refractivity contribution in [3.05, 3.63) is 35.4 Å². The van der Waals surface area contributed by atoms with Gasteiger partial charge in [-0.15, -0.1) is 0 Å². The highest BCUT2D eigenvalue weighted by atomic mass is 19.1. The van der Waals surface area contributed by atoms with E-state index in [1.54, 1.807) is 11.9 Å². The van der Waals surface area contributed by atoms with Crippen LogP contribution in [0.2, 0.25) is 0 Å². The fraction of sp³-hybridized carbons (Fsp3) is 0.562. The molecule has 2 saturated heterocycles. The fourth-order valence-electron chi connectivity index (χ4n) is 3.34. The highest BCUT2D eigenvalue weighted by molar-refractivity contribution is 5.70. The lowest BCUT2D eigenvalue weighted by molar-refractivity contribution is 0.0442. The molecule has 0 N–H and O–H groups in total. The minimum Gasteiger partial charge on any atom is -0.441 e. The number of ether oxygens (including phenoxy) is 1. The van der Waals surface area contributed by atoms with E-state index in [9.17, 15) is 13.6 Å². The molecule has 1 atom stereocenters. The SMILES string of the molecule is CN1C[C@@]2(CCCN(Cc3c(F)cccc3F)CC2)OC1=O. The molecular weight excluding hydrogens is 290 g/mol. The molecule has 3 rings (SSSR count). The van der Waals surface area contributed by atoms with Crippen molar-refractivity contribution < 1.29 is 18.3 Å². The molecule has 1 amide bonds. The first-order chi connectivity index (χ1) is 10.5. The van der Waals surface area contributed by atoms with Crippen LogP contribution in [-0.4, -0.2) is 48.2 Å². The van der Waals surface area contributed by atoms with Gasteiger partial charge in [0.25, 0.3) is 0 Å². The number of carbonyl (C=O) groups excluding carboxylic acids is 1. The average molecular weight is 310 g/mol. The third kappa shape index (κ3) is 2.92. The maximum Gasteiger partial charge on any atom is 0.410 e. The molecule has 4 nitrogen and oxygen atoms in total. The van der Waals surface area contributed by atoms with Gasteiger partial charge in [-0.3, -0.25) is 4.90 Å². The number of benzene rings is 1. The number of amides is 1. The van der Waals surface area contributed by atoms with Crippen molar-refractivity contribution in [2.24, 2.45) is 0 Å². The number of hydrogen-bond donors (Lipinski definition) is 0. The molecule has 1 aromatic rings. The van der Waals surface area contributed by atoms with Gasteiger partial charge in [-0.05, 0) is 31.5 Å². The first-order valence-corrected chi connectivity index (χ1v) is 7.58. The topological polar surface area (TPSA) is 32.8 Å². The van der Waals surface area contributed by atoms with Crippen LogP contribution in [-0.2, 0) is 11.3 Å². The molecule has 0 aromatic heterocycles. The molecule has 2 aliphatic rings. The molecule has 0 saturated carbocycles. The van der Waals surface area contributed by atoms with Gasteiger partial charge in [0.05, 0.1) is 6.54 Å². The number of rotatable bonds is 2. The lowest BCUT2D eigenvalue weighted by atomic mass is 9.95. The van der Waals surface area contributed by atoms with E-state index < -0.39 is 17.2 Å². The van der Waals surface area contributed by atoms with Crippen LogP contribution in [0.15, 0.2) is 18.2 Å². The molecule has 1 aromatic carbocycles. The van der Waals surface area contributed by atoms with Crippen LogP contribution in [0.1, 0.15) is 24.8 Å². The molecule has 2 aliphatic heterocycles. The highest BCUT2D eigenvalue weighted by Gasteiger charge is 2.44. The minimum atomic E-state index is -0.508. The summed E-state index contributed by atoms with van der Waals surface area (Å²) in [5.74, 6) is -1.02. The minimum absolute atomic E-state index is 0.110. The smallest absolute Gasteiger partial charge is 0.410 e. The summed E-state index contributed by atoms with van der Waals surface area (Å²) >= 11 is 0. The van der Waals surface area contributed by atoms with Crippen molar-refractivity contribution in [2.75, 3.05) is 26.7 Å². The van der Waals surface area contributed by atoms with Crippen LogP contribution in [0, 0.1) is 11.6 Å². The maximum atomic E-state index is 13.8. The molecule has 0 bridgehead atoms. The van der Waals surface area contributed by atoms with Crippen LogP contribution in [0.5, 0.6) is 0 Å². The van der Waals surface area contributed by atoms with Crippen LogP contribution < -0.4 is 0 Å². The van der Waals surface area contributed by atoms with Crippen LogP contribution in [0.3, 0.4) is 0 Å². The van der Waals surface area contributed by atoms with Gasteiger partial charge in [0.2, 0.25) is 0 Å². The first kappa shape index (κ1) is 15.2. The summed E-state index contributed by atoms with van der Waals surface area (Å²) in [6.45, 7) is 2.25. The summed E-state index contributed by atoms with van der Waals surface area (Å²) in [4.78, 5) is 15.2. The standard InChI is InChI=1S/C16H20F2N2O2/c1-19-11-16(22-15(19)21)6-3-8-20(9-7-16)10-12-13(17)4-2-5-14(12)18/h2,4-5H,3,6-11H2,1H3/t16-/m0/s1. The van der Waals surface area contributed by atoms with Gasteiger partial charge in [-0.2, -0.15) is 0 Å². The second-order valence-corrected chi connectivity index (χ2v) is 6.24. The molecule has 0 radical (unpaired) electrons. The van der Waals surface area contributed by atoms with Gasteiger partial charge in [0, 0.05) is 32.1 Å². The van der Waals surface area contributed by atoms with E-state index in [0.717, 1.165) is 19.4 Å². The molecule has 2 heterocycles. The van der Waals surface area contributed by atoms with Crippen LogP contribution in [0.4, 0.5) is 13.6 Å². The fourth-order valence-corrected chi connectivity index (χ4v) is 3.34. The molecular formula is C16H20F2N2O2. The molecule has 6 heteroatoms. The van der Waals surface area contributed by atoms with Crippen molar-refractivity contribution in [2.45, 2.75) is 31.4 Å². The number of carbonyl (C=O) groups is 1. The number of likely N-dealkylation sites (N-methyl/N-ethyl adjacent to an activating group) is 1. The predicted molar refractivity (Wildman–Crippen MR) is 77.3 cm³/mol. The highest BCUT2D eigenvalue weighted by Crippen LogP contribution is 2.33. The van der Waals surface area contributed by atoms with E-state index in [4.69, 9.17) is 4.74 Å². The van der Waals surface area contributed by atoms with Gasteiger partial charge in [-0.25, -0.2) is 13.6 Å². The van der Waals surface area contributed by atoms with Crippen molar-refractivity contribution in [1.82, 2.24) is 9.80 Å². The summed E-state index contributed by atoms with van der Waals surface area (Å²) in [6.07, 6.45) is 2.05. The Morgan fingerprint density at radius 1 is 1.23 bits per heavy atom. The number of likely N-dealkylation sites (tertiary alicyclic amines) is 1. The van der Waals surface area contributed by atoms with Crippen molar-refractivity contribution in [3.63, 3.8) is 0 Å². The van der Waals surface area contributed by atoms with Gasteiger partial charge in [0.1, 0.15) is 17.2 Å². The van der Waals surface area contributed by atoms with Gasteiger partial charge < -0.3 is 9.64 Å². The summed E-state index contributed by atoms with van der Waals surface area (Å²) in [7, 11) is 1.73. The Kier molecular flexibility index (Phi) is 4.04. The zero-order chi connectivity index (χ0) is 15.7. The zero-order valence-corrected chi connectivity index (χ0v) is 12.6. The molecule has 0 unspecified atom stereocenters. The summed E-state index contributed by atoms with van der Waals surface area (Å²) < 4.78 is 33.1. The maximum absolute atomic E-state index is 13.8. The Balaban J connectivity index is 1.67. The Morgan fingerprint density at radius 3 is 2.59 bits per heavy atom. The Morgan fingerprint density at radius 2 is 1.95 bits per heavy atom. The number of nitrogens with zero attached hydrogens (tertiary/aromatic N) is 2. The van der Waals surface area contributed by atoms with E-state index in [2.05, 4.69) is 0 Å². The quantitative estimate of drug-likeness (QED) is 0.842. The monoisotopic (exact) mass is 310 g/mol. The van der Waals surface area contributed by atoms with Crippen LogP contribution in [0.25, 0.3) is 0 Å². The largest absolute Gasteiger partial charge is 0.441 e. The van der Waals surface area contributed by atoms with Crippen molar-refractivity contribution in [1.29, 1.82) is 0 Å². The van der Waals surface area contributed by atoms with E-state index in [1.807, 2.05) is 4.90 Å². The normalized spacial score (nSPS) is 26.3. The van der Waals surface area contributed by atoms with Gasteiger partial charge in [-0.1, -0.05) is 6.07 Å². The predicted octanol–water partition coefficient (Wildman–Crippen LogP) is 2.77. The second-order valence-electron chi connectivity index (χ2n) is 6.24. The Labute approximate surface area is 128 Å². The number of halogens is 2. The third-order valence-corrected chi connectivity index (χ3v) is 4.57. The first-order valence-electron chi connectivity index (χ1n) is 7.58. The van der Waals surface area contributed by atoms with Crippen molar-refractivity contribution in [3.8, 4) is 0 Å². The summed E-state index contributed by atoms with van der Waals surface area (Å²) in [6, 6.07) is 3.94. The van der Waals surface area contributed by atoms with E-state index >= 15 is 0 Å². The van der Waals surface area contributed by atoms with Gasteiger partial charge >= 0.3 is 6.09 Å². The van der Waals surface area contributed by atoms with Crippen molar-refractivity contribution >= 4 is 6.09 Å². The van der Waals surface area contributed by atoms with E-state index in [0.29, 0.717) is 19.5 Å². The molecule has 2 fully saturated rings. The van der Waals surface area contributed by atoms with E-state index in [1.165, 1.54) is 18.2 Å². The molecule has 120 valence electrons. The number of hydrogen-bond acceptors (Lipinski definition) is 3. The average Bonchev–Trinajstić information content (AvgIpc) is 2.63. The third-order valence-electron chi connectivity index (χ3n) is 4.57. The molecule has 0 aliphatic carbocycles. The second kappa shape index (κ2) is 5.83. The lowest BCUT2D eigenvalue weighted by Crippen LogP contribution is -2.35.